The van der Waals surface area contributed by atoms with Gasteiger partial charge < -0.3 is 5.73 Å². The molecule has 0 rings (SSSR count). The Hall–Kier alpha value is -0.670. The van der Waals surface area contributed by atoms with Gasteiger partial charge in [-0.3, -0.25) is 0 Å². The molecule has 0 fully saturated rings. The third-order valence-electron chi connectivity index (χ3n) is 0.176. The molecule has 0 bridgehead atoms. The van der Waals surface area contributed by atoms with Crippen molar-refractivity contribution >= 4 is 14.3 Å². The lowest BCUT2D eigenvalue weighted by atomic mass is 11.3. The highest BCUT2D eigenvalue weighted by Crippen LogP contribution is 2.12. The van der Waals surface area contributed by atoms with Crippen molar-refractivity contribution in [3.8, 4) is 0 Å². The highest BCUT2D eigenvalue weighted by molar-refractivity contribution is 7.32. The van der Waals surface area contributed by atoms with Crippen molar-refractivity contribution in [3.05, 3.63) is 0 Å². The van der Waals surface area contributed by atoms with Crippen LogP contribution in [-0.2, 0) is 9.09 Å². The van der Waals surface area contributed by atoms with Crippen LogP contribution in [0.1, 0.15) is 0 Å². The molecule has 0 saturated heterocycles. The van der Waals surface area contributed by atoms with E-state index in [1.54, 1.807) is 0 Å². The Balaban J connectivity index is 3.32. The monoisotopic (exact) mass is 123 g/mol. The second kappa shape index (κ2) is 2.49. The Kier molecular flexibility index (Phi) is 2.26. The third-order valence-corrected chi connectivity index (χ3v) is 0.529. The summed E-state index contributed by atoms with van der Waals surface area (Å²) in [5.74, 6) is 0. The minimum Gasteiger partial charge on any atom is -0.350 e. The van der Waals surface area contributed by atoms with Crippen LogP contribution < -0.4 is 5.73 Å². The fourth-order valence-electron chi connectivity index (χ4n) is 0.0841. The van der Waals surface area contributed by atoms with Gasteiger partial charge in [0, 0.05) is 4.57 Å². The van der Waals surface area contributed by atoms with Crippen LogP contribution in [-0.4, -0.2) is 10.9 Å². The lowest BCUT2D eigenvalue weighted by molar-refractivity contribution is 0.402. The maximum absolute atomic E-state index is 9.51. The molecule has 4 N–H and O–H groups in total. The number of hydrogen-bond donors (Lipinski definition) is 3. The third kappa shape index (κ3) is 5.33. The van der Waals surface area contributed by atoms with Crippen molar-refractivity contribution in [2.75, 3.05) is 0 Å². The summed E-state index contributed by atoms with van der Waals surface area (Å²) < 4.78 is 13.2. The summed E-state index contributed by atoms with van der Waals surface area (Å²) >= 11 is 0. The number of nitrogens with one attached hydrogen (secondary N) is 1. The van der Waals surface area contributed by atoms with Gasteiger partial charge in [0.05, 0.1) is 0 Å². The molecule has 1 unspecified atom stereocenters. The zero-order chi connectivity index (χ0) is 5.86. The van der Waals surface area contributed by atoms with Crippen molar-refractivity contribution in [2.45, 2.75) is 0 Å². The fraction of sp³-hybridized carbons (Fsp3) is 0. The van der Waals surface area contributed by atoms with E-state index in [2.05, 4.69) is 10.3 Å². The molecule has 0 aromatic heterocycles. The molecule has 0 aliphatic rings. The molecule has 0 saturated carbocycles. The van der Waals surface area contributed by atoms with Gasteiger partial charge in [-0.2, -0.15) is 4.52 Å². The number of amidine groups is 1. The van der Waals surface area contributed by atoms with E-state index in [0.717, 1.165) is 0 Å². The van der Waals surface area contributed by atoms with Crippen LogP contribution in [0.5, 0.6) is 0 Å². The van der Waals surface area contributed by atoms with E-state index in [1.165, 1.54) is 0 Å². The van der Waals surface area contributed by atoms with Gasteiger partial charge in [0.2, 0.25) is 0 Å². The Morgan fingerprint density at radius 3 is 2.43 bits per heavy atom. The zero-order valence-corrected chi connectivity index (χ0v) is 4.18. The lowest BCUT2D eigenvalue weighted by Crippen LogP contribution is -2.09. The fourth-order valence-corrected chi connectivity index (χ4v) is 0.252. The summed E-state index contributed by atoms with van der Waals surface area (Å²) in [6.45, 7) is 0. The Morgan fingerprint density at radius 2 is 2.43 bits per heavy atom. The summed E-state index contributed by atoms with van der Waals surface area (Å²) in [6, 6.07) is -0.747. The Morgan fingerprint density at radius 1 is 2.00 bits per heavy atom. The second-order valence-corrected chi connectivity index (χ2v) is 1.35. The zero-order valence-electron chi connectivity index (χ0n) is 3.29. The molecule has 40 valence electrons. The van der Waals surface area contributed by atoms with Crippen LogP contribution in [0.15, 0.2) is 0 Å². The molecule has 1 atom stereocenters. The number of rotatable bonds is 1. The first-order valence-corrected chi connectivity index (χ1v) is 2.44. The van der Waals surface area contributed by atoms with Gasteiger partial charge in [-0.1, -0.05) is 0 Å². The quantitative estimate of drug-likeness (QED) is 0.250. The predicted molar refractivity (Wildman–Crippen MR) is 22.8 cm³/mol. The largest absolute Gasteiger partial charge is 0.750 e. The van der Waals surface area contributed by atoms with Crippen molar-refractivity contribution < 1.29 is 14.0 Å². The van der Waals surface area contributed by atoms with E-state index in [1.807, 2.05) is 0 Å². The first-order valence-electron chi connectivity index (χ1n) is 1.31. The highest BCUT2D eigenvalue weighted by atomic mass is 31.1. The van der Waals surface area contributed by atoms with Crippen molar-refractivity contribution in [1.82, 2.24) is 0 Å². The van der Waals surface area contributed by atoms with Gasteiger partial charge in [-0.25, -0.2) is 5.41 Å². The number of nitrogens with two attached hydrogens (primary N) is 1. The van der Waals surface area contributed by atoms with Gasteiger partial charge in [-0.05, 0) is 0 Å². The van der Waals surface area contributed by atoms with Gasteiger partial charge in [-0.15, -0.1) is 4.89 Å². The normalized spacial score (nSPS) is 10.1. The molecule has 7 heavy (non-hydrogen) atoms. The summed E-state index contributed by atoms with van der Waals surface area (Å²) in [6.07, 6.45) is 0. The molecule has 0 amide bonds. The minimum atomic E-state index is -2.74. The summed E-state index contributed by atoms with van der Waals surface area (Å²) in [5, 5.41) is 6.24. The van der Waals surface area contributed by atoms with Crippen molar-refractivity contribution in [2.24, 2.45) is 5.73 Å². The maximum atomic E-state index is 9.51. The number of hydrogen-bond acceptors (Lipinski definition) is 3. The Bertz CT molecular complexity index is 89.1. The van der Waals surface area contributed by atoms with Gasteiger partial charge >= 0.3 is 14.3 Å². The topological polar surface area (TPSA) is 96.4 Å². The maximum Gasteiger partial charge on any atom is 0.750 e. The van der Waals surface area contributed by atoms with Gasteiger partial charge in [0.15, 0.2) is 0 Å². The van der Waals surface area contributed by atoms with Crippen LogP contribution in [0, 0.1) is 5.41 Å². The molecule has 0 aromatic rings. The molecule has 0 aliphatic heterocycles. The average molecular weight is 123 g/mol. The minimum absolute atomic E-state index is 0.747. The first kappa shape index (κ1) is 6.33. The molecular weight excluding hydrogens is 119 g/mol. The highest BCUT2D eigenvalue weighted by Gasteiger charge is 2.12. The predicted octanol–water partition coefficient (Wildman–Crippen LogP) is -0.454. The second-order valence-electron chi connectivity index (χ2n) is 0.693. The average Bonchev–Trinajstić information content (AvgIpc) is 1.27. The molecular formula is CH4N2O3P+. The molecule has 0 aromatic carbocycles. The van der Waals surface area contributed by atoms with Crippen LogP contribution in [0.2, 0.25) is 0 Å². The van der Waals surface area contributed by atoms with Crippen LogP contribution >= 0.6 is 8.25 Å². The molecule has 0 spiro atoms. The molecule has 0 radical (unpaired) electrons. The van der Waals surface area contributed by atoms with E-state index in [4.69, 9.17) is 10.3 Å². The molecule has 6 heteroatoms. The van der Waals surface area contributed by atoms with Crippen LogP contribution in [0.25, 0.3) is 0 Å². The first-order chi connectivity index (χ1) is 3.13. The SMILES string of the molecule is N=C(N)O[P+](=O)O. The summed E-state index contributed by atoms with van der Waals surface area (Å²) in [4.78, 5) is 7.79. The van der Waals surface area contributed by atoms with Gasteiger partial charge in [0.1, 0.15) is 0 Å². The van der Waals surface area contributed by atoms with E-state index in [0.29, 0.717) is 0 Å². The van der Waals surface area contributed by atoms with Crippen LogP contribution in [0.4, 0.5) is 0 Å². The lowest BCUT2D eigenvalue weighted by Gasteiger charge is -1.76. The van der Waals surface area contributed by atoms with E-state index in [-0.39, 0.29) is 0 Å². The van der Waals surface area contributed by atoms with Gasteiger partial charge in [0.25, 0.3) is 0 Å². The standard InChI is InChI=1S/CH3N2O3P/c2-1(3)6-7(4)5/h(H3-,2,3,4,5)/p+1. The van der Waals surface area contributed by atoms with E-state index < -0.39 is 14.3 Å². The summed E-state index contributed by atoms with van der Waals surface area (Å²) in [7, 11) is -2.74. The van der Waals surface area contributed by atoms with Crippen molar-refractivity contribution in [3.63, 3.8) is 0 Å². The molecule has 0 heterocycles. The Labute approximate surface area is 40.6 Å². The van der Waals surface area contributed by atoms with E-state index in [9.17, 15) is 4.57 Å². The summed E-state index contributed by atoms with van der Waals surface area (Å²) in [5.41, 5.74) is 4.51. The molecule has 0 aliphatic carbocycles. The van der Waals surface area contributed by atoms with Crippen LogP contribution in [0.3, 0.4) is 0 Å². The molecule has 5 nitrogen and oxygen atoms in total. The smallest absolute Gasteiger partial charge is 0.350 e. The van der Waals surface area contributed by atoms with Crippen molar-refractivity contribution in [1.29, 1.82) is 5.41 Å². The van der Waals surface area contributed by atoms with E-state index >= 15 is 0 Å².